The number of aliphatic imine (C=N–C) groups is 1. The summed E-state index contributed by atoms with van der Waals surface area (Å²) >= 11 is 6.04. The molecule has 1 aromatic heterocycles. The summed E-state index contributed by atoms with van der Waals surface area (Å²) in [6.07, 6.45) is 4.55. The second kappa shape index (κ2) is 6.83. The summed E-state index contributed by atoms with van der Waals surface area (Å²) < 4.78 is 13.6. The molecule has 2 aromatic rings. The zero-order valence-electron chi connectivity index (χ0n) is 15.2. The van der Waals surface area contributed by atoms with Gasteiger partial charge in [0.2, 0.25) is 0 Å². The van der Waals surface area contributed by atoms with Crippen LogP contribution in [0.15, 0.2) is 47.6 Å². The third kappa shape index (κ3) is 3.07. The molecule has 0 radical (unpaired) electrons. The van der Waals surface area contributed by atoms with Crippen molar-refractivity contribution in [1.82, 2.24) is 9.88 Å². The molecule has 1 aromatic carbocycles. The van der Waals surface area contributed by atoms with Gasteiger partial charge in [-0.1, -0.05) is 17.7 Å². The lowest BCUT2D eigenvalue weighted by Gasteiger charge is -2.41. The summed E-state index contributed by atoms with van der Waals surface area (Å²) in [4.78, 5) is 36.3. The summed E-state index contributed by atoms with van der Waals surface area (Å²) in [7, 11) is 0. The van der Waals surface area contributed by atoms with Crippen molar-refractivity contribution in [3.63, 3.8) is 0 Å². The summed E-state index contributed by atoms with van der Waals surface area (Å²) in [5.74, 6) is -0.927. The zero-order valence-corrected chi connectivity index (χ0v) is 15.9. The second-order valence-corrected chi connectivity index (χ2v) is 7.08. The van der Waals surface area contributed by atoms with E-state index in [9.17, 15) is 14.0 Å². The van der Waals surface area contributed by atoms with Crippen molar-refractivity contribution in [3.05, 3.63) is 64.7 Å². The van der Waals surface area contributed by atoms with Gasteiger partial charge in [0.25, 0.3) is 11.8 Å². The second-order valence-electron chi connectivity index (χ2n) is 6.69. The predicted octanol–water partition coefficient (Wildman–Crippen LogP) is 3.66. The molecule has 1 atom stereocenters. The van der Waals surface area contributed by atoms with Crippen molar-refractivity contribution in [1.29, 1.82) is 0 Å². The van der Waals surface area contributed by atoms with Crippen LogP contribution in [0.5, 0.6) is 0 Å². The first-order chi connectivity index (χ1) is 13.3. The van der Waals surface area contributed by atoms with Crippen LogP contribution in [-0.4, -0.2) is 40.1 Å². The molecule has 6 nitrogen and oxygen atoms in total. The van der Waals surface area contributed by atoms with E-state index in [1.54, 1.807) is 30.9 Å². The van der Waals surface area contributed by atoms with E-state index >= 15 is 0 Å². The molecule has 2 amide bonds. The van der Waals surface area contributed by atoms with Crippen LogP contribution in [0.4, 0.5) is 15.8 Å². The molecular formula is C20H16ClFN4O2. The molecule has 8 heteroatoms. The molecule has 0 saturated carbocycles. The number of dihydropyridines is 1. The Hall–Kier alpha value is -3.06. The Morgan fingerprint density at radius 2 is 1.96 bits per heavy atom. The normalized spacial score (nSPS) is 19.0. The minimum absolute atomic E-state index is 0.192. The van der Waals surface area contributed by atoms with E-state index in [-0.39, 0.29) is 29.5 Å². The fourth-order valence-corrected chi connectivity index (χ4v) is 3.68. The summed E-state index contributed by atoms with van der Waals surface area (Å²) in [5.41, 5.74) is 2.96. The maximum Gasteiger partial charge on any atom is 0.269 e. The summed E-state index contributed by atoms with van der Waals surface area (Å²) in [6.45, 7) is 3.70. The molecule has 2 aliphatic heterocycles. The number of anilines is 2. The highest BCUT2D eigenvalue weighted by atomic mass is 35.5. The van der Waals surface area contributed by atoms with E-state index in [4.69, 9.17) is 11.6 Å². The van der Waals surface area contributed by atoms with Crippen molar-refractivity contribution in [2.75, 3.05) is 11.6 Å². The third-order valence-corrected chi connectivity index (χ3v) is 5.05. The highest BCUT2D eigenvalue weighted by molar-refractivity contribution is 6.30. The average Bonchev–Trinajstić information content (AvgIpc) is 2.64. The number of pyridine rings is 1. The number of benzene rings is 1. The maximum atomic E-state index is 13.6. The summed E-state index contributed by atoms with van der Waals surface area (Å²) in [5, 5.41) is 0.199. The van der Waals surface area contributed by atoms with Gasteiger partial charge in [-0.05, 0) is 43.7 Å². The van der Waals surface area contributed by atoms with E-state index in [1.807, 2.05) is 4.90 Å². The molecule has 28 heavy (non-hydrogen) atoms. The smallest absolute Gasteiger partial charge is 0.269 e. The molecule has 0 bridgehead atoms. The van der Waals surface area contributed by atoms with Crippen LogP contribution in [0.1, 0.15) is 22.8 Å². The number of hydrogen-bond acceptors (Lipinski definition) is 4. The monoisotopic (exact) mass is 398 g/mol. The zero-order chi connectivity index (χ0) is 20.0. The van der Waals surface area contributed by atoms with Gasteiger partial charge in [-0.3, -0.25) is 9.59 Å². The third-order valence-electron chi connectivity index (χ3n) is 4.85. The predicted molar refractivity (Wildman–Crippen MR) is 105 cm³/mol. The van der Waals surface area contributed by atoms with Gasteiger partial charge in [-0.2, -0.15) is 0 Å². The lowest BCUT2D eigenvalue weighted by atomic mass is 10.0. The number of nitrogens with zero attached hydrogens (tertiary/aromatic N) is 4. The van der Waals surface area contributed by atoms with Crippen molar-refractivity contribution < 1.29 is 14.0 Å². The molecule has 1 unspecified atom stereocenters. The van der Waals surface area contributed by atoms with Gasteiger partial charge in [0.15, 0.2) is 0 Å². The van der Waals surface area contributed by atoms with Gasteiger partial charge >= 0.3 is 0 Å². The fraction of sp³-hybridized carbons (Fsp3) is 0.200. The summed E-state index contributed by atoms with van der Waals surface area (Å²) in [6, 6.07) is 5.52. The molecule has 0 fully saturated rings. The number of hydrogen-bond donors (Lipinski definition) is 0. The van der Waals surface area contributed by atoms with E-state index in [2.05, 4.69) is 9.98 Å². The SMILES string of the molecule is CC1=NC(=O)C=CC1N1CN(c2ccc(F)cc2C)c2cnc(Cl)cc2C1=O. The number of aryl methyl sites for hydroxylation is 1. The first-order valence-corrected chi connectivity index (χ1v) is 9.00. The van der Waals surface area contributed by atoms with Gasteiger partial charge in [-0.15, -0.1) is 0 Å². The molecule has 4 rings (SSSR count). The van der Waals surface area contributed by atoms with E-state index in [0.717, 1.165) is 11.3 Å². The number of carbonyl (C=O) groups excluding carboxylic acids is 2. The lowest BCUT2D eigenvalue weighted by Crippen LogP contribution is -2.52. The number of halogens is 2. The van der Waals surface area contributed by atoms with Crippen molar-refractivity contribution in [2.24, 2.45) is 4.99 Å². The number of carbonyl (C=O) groups is 2. The van der Waals surface area contributed by atoms with Gasteiger partial charge in [-0.25, -0.2) is 14.4 Å². The topological polar surface area (TPSA) is 65.9 Å². The Bertz CT molecular complexity index is 1070. The van der Waals surface area contributed by atoms with E-state index < -0.39 is 6.04 Å². The molecule has 3 heterocycles. The number of aromatic nitrogens is 1. The minimum atomic E-state index is -0.464. The van der Waals surface area contributed by atoms with Gasteiger partial charge < -0.3 is 9.80 Å². The standard InChI is InChI=1S/C20H16ClFN4O2/c1-11-7-13(22)3-4-15(11)25-10-26(16-5-6-19(27)24-12(16)2)20(28)14-8-18(21)23-9-17(14)25/h3-9,16H,10H2,1-2H3. The van der Waals surface area contributed by atoms with Crippen LogP contribution >= 0.6 is 11.6 Å². The van der Waals surface area contributed by atoms with Crippen molar-refractivity contribution >= 4 is 40.5 Å². The van der Waals surface area contributed by atoms with Gasteiger partial charge in [0.05, 0.1) is 30.2 Å². The first kappa shape index (κ1) is 18.3. The average molecular weight is 399 g/mol. The van der Waals surface area contributed by atoms with Crippen LogP contribution in [0, 0.1) is 12.7 Å². The Morgan fingerprint density at radius 1 is 1.18 bits per heavy atom. The molecule has 2 aliphatic rings. The Labute approximate surface area is 165 Å². The highest BCUT2D eigenvalue weighted by Crippen LogP contribution is 2.37. The van der Waals surface area contributed by atoms with Crippen LogP contribution in [-0.2, 0) is 4.79 Å². The number of rotatable bonds is 2. The first-order valence-electron chi connectivity index (χ1n) is 8.62. The number of amides is 2. The van der Waals surface area contributed by atoms with Crippen LogP contribution in [0.3, 0.4) is 0 Å². The van der Waals surface area contributed by atoms with Crippen LogP contribution in [0.2, 0.25) is 5.15 Å². The quantitative estimate of drug-likeness (QED) is 0.724. The Morgan fingerprint density at radius 3 is 2.68 bits per heavy atom. The largest absolute Gasteiger partial charge is 0.321 e. The molecule has 0 aliphatic carbocycles. The van der Waals surface area contributed by atoms with Crippen LogP contribution in [0.25, 0.3) is 0 Å². The minimum Gasteiger partial charge on any atom is -0.321 e. The molecule has 142 valence electrons. The molecular weight excluding hydrogens is 383 g/mol. The maximum absolute atomic E-state index is 13.6. The van der Waals surface area contributed by atoms with Gasteiger partial charge in [0, 0.05) is 17.5 Å². The van der Waals surface area contributed by atoms with Crippen molar-refractivity contribution in [3.8, 4) is 0 Å². The molecule has 0 spiro atoms. The fourth-order valence-electron chi connectivity index (χ4n) is 3.52. The van der Waals surface area contributed by atoms with Crippen molar-refractivity contribution in [2.45, 2.75) is 19.9 Å². The molecule has 0 N–H and O–H groups in total. The molecule has 0 saturated heterocycles. The van der Waals surface area contributed by atoms with E-state index in [1.165, 1.54) is 30.5 Å². The lowest BCUT2D eigenvalue weighted by molar-refractivity contribution is -0.113. The van der Waals surface area contributed by atoms with Crippen LogP contribution < -0.4 is 4.90 Å². The Kier molecular flexibility index (Phi) is 4.47. The number of fused-ring (bicyclic) bond motifs is 1. The Balaban J connectivity index is 1.84. The highest BCUT2D eigenvalue weighted by Gasteiger charge is 2.36. The van der Waals surface area contributed by atoms with E-state index in [0.29, 0.717) is 17.0 Å². The van der Waals surface area contributed by atoms with Gasteiger partial charge in [0.1, 0.15) is 11.0 Å².